The molecule has 210 valence electrons. The number of terminal acetylenes is 1. The lowest BCUT2D eigenvalue weighted by Crippen LogP contribution is -2.76. The second kappa shape index (κ2) is 12.7. The summed E-state index contributed by atoms with van der Waals surface area (Å²) in [4.78, 5) is 44.4. The highest BCUT2D eigenvalue weighted by molar-refractivity contribution is 5.91. The van der Waals surface area contributed by atoms with Gasteiger partial charge in [0, 0.05) is 19.5 Å². The van der Waals surface area contributed by atoms with E-state index in [-0.39, 0.29) is 37.3 Å². The van der Waals surface area contributed by atoms with Gasteiger partial charge in [0.25, 0.3) is 0 Å². The van der Waals surface area contributed by atoms with Gasteiger partial charge in [-0.25, -0.2) is 14.2 Å². The first-order chi connectivity index (χ1) is 19.9. The Morgan fingerprint density at radius 2 is 1.59 bits per heavy atom. The van der Waals surface area contributed by atoms with Gasteiger partial charge in [-0.15, -0.1) is 6.42 Å². The van der Waals surface area contributed by atoms with Gasteiger partial charge in [0.05, 0.1) is 19.6 Å². The largest absolute Gasteiger partial charge is 0.337 e. The van der Waals surface area contributed by atoms with Crippen LogP contribution in [0.4, 0.5) is 9.18 Å². The Kier molecular flexibility index (Phi) is 8.61. The quantitative estimate of drug-likeness (QED) is 0.435. The number of hydrogen-bond donors (Lipinski definition) is 1. The van der Waals surface area contributed by atoms with Gasteiger partial charge in [-0.05, 0) is 35.2 Å². The van der Waals surface area contributed by atoms with Gasteiger partial charge in [-0.1, -0.05) is 78.7 Å². The fraction of sp³-hybridized carbons (Fsp3) is 0.281. The molecule has 0 aromatic heterocycles. The highest BCUT2D eigenvalue weighted by Gasteiger charge is 2.51. The van der Waals surface area contributed by atoms with Crippen LogP contribution in [-0.4, -0.2) is 76.0 Å². The molecule has 41 heavy (non-hydrogen) atoms. The fourth-order valence-electron chi connectivity index (χ4n) is 5.45. The van der Waals surface area contributed by atoms with Gasteiger partial charge in [0.1, 0.15) is 18.0 Å². The summed E-state index contributed by atoms with van der Waals surface area (Å²) in [7, 11) is 0. The molecule has 2 aliphatic rings. The van der Waals surface area contributed by atoms with E-state index in [1.165, 1.54) is 17.1 Å². The van der Waals surface area contributed by atoms with Crippen molar-refractivity contribution in [2.24, 2.45) is 0 Å². The third-order valence-electron chi connectivity index (χ3n) is 7.45. The normalized spacial score (nSPS) is 19.1. The van der Waals surface area contributed by atoms with Crippen LogP contribution >= 0.6 is 0 Å². The van der Waals surface area contributed by atoms with E-state index >= 15 is 0 Å². The molecular weight excluding hydrogens is 521 g/mol. The summed E-state index contributed by atoms with van der Waals surface area (Å²) in [5.74, 6) is 1.79. The monoisotopic (exact) mass is 553 g/mol. The number of rotatable bonds is 8. The molecule has 4 amide bonds. The zero-order valence-electron chi connectivity index (χ0n) is 22.7. The molecule has 5 rings (SSSR count). The summed E-state index contributed by atoms with van der Waals surface area (Å²) in [6.45, 7) is 0.705. The minimum Gasteiger partial charge on any atom is -0.337 e. The number of hydrazine groups is 1. The SMILES string of the molecule is C#CCN1CC(=O)N2[C@@H](Cc3ccccc3)C(=O)N(CCc3ccc(F)cc3)C[C@@H]2N1C(=O)NCc1ccccc1. The molecule has 3 aromatic rings. The van der Waals surface area contributed by atoms with Crippen molar-refractivity contribution in [2.75, 3.05) is 26.2 Å². The smallest absolute Gasteiger partial charge is 0.334 e. The number of halogens is 1. The van der Waals surface area contributed by atoms with Crippen LogP contribution in [0, 0.1) is 18.2 Å². The second-order valence-electron chi connectivity index (χ2n) is 10.2. The van der Waals surface area contributed by atoms with Gasteiger partial charge < -0.3 is 15.1 Å². The summed E-state index contributed by atoms with van der Waals surface area (Å²) in [5, 5.41) is 6.02. The van der Waals surface area contributed by atoms with Crippen molar-refractivity contribution < 1.29 is 18.8 Å². The van der Waals surface area contributed by atoms with E-state index in [9.17, 15) is 18.8 Å². The summed E-state index contributed by atoms with van der Waals surface area (Å²) in [5.41, 5.74) is 2.72. The Morgan fingerprint density at radius 3 is 2.24 bits per heavy atom. The summed E-state index contributed by atoms with van der Waals surface area (Å²) in [6.07, 6.45) is 5.69. The van der Waals surface area contributed by atoms with E-state index in [4.69, 9.17) is 6.42 Å². The lowest BCUT2D eigenvalue weighted by molar-refractivity contribution is -0.188. The number of carbonyl (C=O) groups excluding carboxylic acids is 3. The zero-order valence-corrected chi connectivity index (χ0v) is 22.7. The molecule has 2 fully saturated rings. The highest BCUT2D eigenvalue weighted by atomic mass is 19.1. The molecule has 3 aromatic carbocycles. The van der Waals surface area contributed by atoms with Gasteiger partial charge in [-0.2, -0.15) is 5.01 Å². The van der Waals surface area contributed by atoms with Gasteiger partial charge in [0.15, 0.2) is 0 Å². The molecular formula is C32H32FN5O3. The first-order valence-corrected chi connectivity index (χ1v) is 13.6. The van der Waals surface area contributed by atoms with E-state index in [1.54, 1.807) is 26.9 Å². The van der Waals surface area contributed by atoms with Crippen molar-refractivity contribution in [3.8, 4) is 12.3 Å². The molecule has 2 aliphatic heterocycles. The number of urea groups is 1. The first kappa shape index (κ1) is 27.9. The predicted molar refractivity (Wildman–Crippen MR) is 152 cm³/mol. The van der Waals surface area contributed by atoms with Crippen molar-refractivity contribution in [3.63, 3.8) is 0 Å². The third-order valence-corrected chi connectivity index (χ3v) is 7.45. The lowest BCUT2D eigenvalue weighted by Gasteiger charge is -2.55. The van der Waals surface area contributed by atoms with Crippen LogP contribution in [0.3, 0.4) is 0 Å². The second-order valence-corrected chi connectivity index (χ2v) is 10.2. The van der Waals surface area contributed by atoms with Crippen LogP contribution in [0.1, 0.15) is 16.7 Å². The minimum absolute atomic E-state index is 0.0573. The number of piperazine rings is 1. The molecule has 2 heterocycles. The Morgan fingerprint density at radius 1 is 0.927 bits per heavy atom. The molecule has 1 N–H and O–H groups in total. The van der Waals surface area contributed by atoms with Crippen molar-refractivity contribution in [2.45, 2.75) is 31.6 Å². The summed E-state index contributed by atoms with van der Waals surface area (Å²) >= 11 is 0. The number of nitrogens with one attached hydrogen (secondary N) is 1. The molecule has 0 radical (unpaired) electrons. The fourth-order valence-corrected chi connectivity index (χ4v) is 5.45. The Balaban J connectivity index is 1.45. The maximum Gasteiger partial charge on any atom is 0.334 e. The molecule has 9 heteroatoms. The van der Waals surface area contributed by atoms with Crippen molar-refractivity contribution in [1.29, 1.82) is 0 Å². The topological polar surface area (TPSA) is 76.2 Å². The standard InChI is InChI=1S/C32H32FN5O3/c1-2-18-36-23-30(39)37-28(20-25-9-5-3-6-10-25)31(40)35(19-17-24-13-15-27(33)16-14-24)22-29(37)38(36)32(41)34-21-26-11-7-4-8-12-26/h1,3-16,28-29H,17-23H2,(H,34,41)/t28-,29-/m0/s1. The maximum absolute atomic E-state index is 13.9. The summed E-state index contributed by atoms with van der Waals surface area (Å²) in [6, 6.07) is 24.0. The molecule has 0 spiro atoms. The van der Waals surface area contributed by atoms with Crippen LogP contribution < -0.4 is 5.32 Å². The van der Waals surface area contributed by atoms with Gasteiger partial charge in [-0.3, -0.25) is 9.59 Å². The van der Waals surface area contributed by atoms with Gasteiger partial charge >= 0.3 is 6.03 Å². The van der Waals surface area contributed by atoms with Crippen LogP contribution in [-0.2, 0) is 29.0 Å². The van der Waals surface area contributed by atoms with E-state index < -0.39 is 18.2 Å². The first-order valence-electron chi connectivity index (χ1n) is 13.6. The molecule has 0 bridgehead atoms. The zero-order chi connectivity index (χ0) is 28.8. The van der Waals surface area contributed by atoms with Crippen LogP contribution in [0.5, 0.6) is 0 Å². The van der Waals surface area contributed by atoms with E-state index in [2.05, 4.69) is 11.2 Å². The molecule has 2 atom stereocenters. The number of fused-ring (bicyclic) bond motifs is 1. The van der Waals surface area contributed by atoms with Crippen LogP contribution in [0.2, 0.25) is 0 Å². The molecule has 2 saturated heterocycles. The number of carbonyl (C=O) groups is 3. The van der Waals surface area contributed by atoms with E-state index in [0.717, 1.165) is 16.7 Å². The van der Waals surface area contributed by atoms with E-state index in [0.29, 0.717) is 25.9 Å². The molecule has 0 unspecified atom stereocenters. The maximum atomic E-state index is 13.9. The Hall–Kier alpha value is -4.68. The Labute approximate surface area is 239 Å². The predicted octanol–water partition coefficient (Wildman–Crippen LogP) is 3.05. The molecule has 0 saturated carbocycles. The number of benzene rings is 3. The minimum atomic E-state index is -0.797. The average molecular weight is 554 g/mol. The number of hydrogen-bond acceptors (Lipinski definition) is 4. The van der Waals surface area contributed by atoms with Crippen molar-refractivity contribution in [3.05, 3.63) is 107 Å². The molecule has 0 aliphatic carbocycles. The van der Waals surface area contributed by atoms with Crippen molar-refractivity contribution in [1.82, 2.24) is 25.1 Å². The highest BCUT2D eigenvalue weighted by Crippen LogP contribution is 2.28. The number of nitrogens with zero attached hydrogens (tertiary/aromatic N) is 4. The molecule has 8 nitrogen and oxygen atoms in total. The average Bonchev–Trinajstić information content (AvgIpc) is 2.98. The van der Waals surface area contributed by atoms with E-state index in [1.807, 2.05) is 60.7 Å². The van der Waals surface area contributed by atoms with Crippen molar-refractivity contribution >= 4 is 17.8 Å². The Bertz CT molecular complexity index is 1410. The lowest BCUT2D eigenvalue weighted by atomic mass is 9.98. The van der Waals surface area contributed by atoms with Gasteiger partial charge in [0.2, 0.25) is 11.8 Å². The number of amides is 4. The van der Waals surface area contributed by atoms with Crippen LogP contribution in [0.15, 0.2) is 84.9 Å². The third kappa shape index (κ3) is 6.39. The summed E-state index contributed by atoms with van der Waals surface area (Å²) < 4.78 is 13.4. The van der Waals surface area contributed by atoms with Crippen LogP contribution in [0.25, 0.3) is 0 Å².